The molecule has 0 aliphatic rings. The van der Waals surface area contributed by atoms with E-state index >= 15 is 0 Å². The van der Waals surface area contributed by atoms with Crippen molar-refractivity contribution in [2.75, 3.05) is 7.11 Å². The summed E-state index contributed by atoms with van der Waals surface area (Å²) in [6, 6.07) is 4.64. The Hall–Kier alpha value is -1.46. The molecule has 0 saturated carbocycles. The van der Waals surface area contributed by atoms with E-state index in [1.54, 1.807) is 6.07 Å². The minimum absolute atomic E-state index is 0.0675. The van der Waals surface area contributed by atoms with Crippen molar-refractivity contribution in [1.82, 2.24) is 0 Å². The summed E-state index contributed by atoms with van der Waals surface area (Å²) in [6.45, 7) is -0.00385. The first kappa shape index (κ1) is 10.6. The maximum absolute atomic E-state index is 10.6. The van der Waals surface area contributed by atoms with Gasteiger partial charge in [-0.15, -0.1) is 0 Å². The van der Waals surface area contributed by atoms with Crippen LogP contribution >= 0.6 is 0 Å². The predicted molar refractivity (Wildman–Crippen MR) is 49.7 cm³/mol. The molecule has 0 unspecified atom stereocenters. The standard InChI is InChI=1S/C9H11NO4/c1-14-6-7-2-3-8(5-11)9(4-7)10(12)13/h2-4,11H,5-6H2,1H3. The summed E-state index contributed by atoms with van der Waals surface area (Å²) in [5.41, 5.74) is 0.966. The van der Waals surface area contributed by atoms with Gasteiger partial charge < -0.3 is 9.84 Å². The molecule has 0 bridgehead atoms. The third-order valence-electron chi connectivity index (χ3n) is 1.83. The molecule has 1 N–H and O–H groups in total. The lowest BCUT2D eigenvalue weighted by Crippen LogP contribution is -1.97. The zero-order chi connectivity index (χ0) is 10.6. The van der Waals surface area contributed by atoms with E-state index in [9.17, 15) is 10.1 Å². The van der Waals surface area contributed by atoms with Gasteiger partial charge in [0.25, 0.3) is 5.69 Å². The number of aliphatic hydroxyl groups is 1. The molecule has 0 aromatic heterocycles. The van der Waals surface area contributed by atoms with Crippen LogP contribution in [0, 0.1) is 10.1 Å². The zero-order valence-electron chi connectivity index (χ0n) is 7.77. The Morgan fingerprint density at radius 2 is 2.29 bits per heavy atom. The number of benzene rings is 1. The van der Waals surface area contributed by atoms with Crippen LogP contribution in [-0.4, -0.2) is 17.1 Å². The molecule has 0 radical (unpaired) electrons. The molecule has 1 aromatic carbocycles. The van der Waals surface area contributed by atoms with E-state index < -0.39 is 4.92 Å². The van der Waals surface area contributed by atoms with Crippen molar-refractivity contribution in [3.63, 3.8) is 0 Å². The van der Waals surface area contributed by atoms with E-state index in [2.05, 4.69) is 0 Å². The van der Waals surface area contributed by atoms with Gasteiger partial charge in [0, 0.05) is 13.2 Å². The van der Waals surface area contributed by atoms with Gasteiger partial charge in [0.2, 0.25) is 0 Å². The first-order valence-corrected chi connectivity index (χ1v) is 4.05. The molecule has 76 valence electrons. The molecule has 0 fully saturated rings. The largest absolute Gasteiger partial charge is 0.391 e. The first-order chi connectivity index (χ1) is 6.69. The first-order valence-electron chi connectivity index (χ1n) is 4.05. The van der Waals surface area contributed by atoms with Crippen LogP contribution in [0.15, 0.2) is 18.2 Å². The summed E-state index contributed by atoms with van der Waals surface area (Å²) in [6.07, 6.45) is 0. The van der Waals surface area contributed by atoms with Crippen molar-refractivity contribution < 1.29 is 14.8 Å². The number of nitro benzene ring substituents is 1. The summed E-state index contributed by atoms with van der Waals surface area (Å²) >= 11 is 0. The molecular formula is C9H11NO4. The van der Waals surface area contributed by atoms with Gasteiger partial charge >= 0.3 is 0 Å². The van der Waals surface area contributed by atoms with Crippen LogP contribution in [0.4, 0.5) is 5.69 Å². The number of ether oxygens (including phenoxy) is 1. The second-order valence-corrected chi connectivity index (χ2v) is 2.81. The highest BCUT2D eigenvalue weighted by Crippen LogP contribution is 2.20. The number of nitrogens with zero attached hydrogens (tertiary/aromatic N) is 1. The van der Waals surface area contributed by atoms with E-state index in [0.29, 0.717) is 12.2 Å². The van der Waals surface area contributed by atoms with E-state index in [1.807, 2.05) is 0 Å². The molecule has 1 rings (SSSR count). The lowest BCUT2D eigenvalue weighted by atomic mass is 10.1. The SMILES string of the molecule is COCc1ccc(CO)c([N+](=O)[O-])c1. The topological polar surface area (TPSA) is 72.6 Å². The van der Waals surface area contributed by atoms with Gasteiger partial charge in [0.1, 0.15) is 0 Å². The Morgan fingerprint density at radius 1 is 1.57 bits per heavy atom. The van der Waals surface area contributed by atoms with Gasteiger partial charge in [-0.2, -0.15) is 0 Å². The van der Waals surface area contributed by atoms with Crippen LogP contribution in [-0.2, 0) is 18.0 Å². The number of nitro groups is 1. The molecule has 0 amide bonds. The number of hydrogen-bond acceptors (Lipinski definition) is 4. The van der Waals surface area contributed by atoms with Gasteiger partial charge in [0.05, 0.1) is 23.7 Å². The second-order valence-electron chi connectivity index (χ2n) is 2.81. The third kappa shape index (κ3) is 2.27. The van der Waals surface area contributed by atoms with Gasteiger partial charge in [-0.05, 0) is 11.6 Å². The quantitative estimate of drug-likeness (QED) is 0.582. The zero-order valence-corrected chi connectivity index (χ0v) is 7.77. The molecule has 5 heteroatoms. The third-order valence-corrected chi connectivity index (χ3v) is 1.83. The highest BCUT2D eigenvalue weighted by Gasteiger charge is 2.13. The summed E-state index contributed by atoms with van der Waals surface area (Å²) in [7, 11) is 1.52. The number of methoxy groups -OCH3 is 1. The van der Waals surface area contributed by atoms with Crippen molar-refractivity contribution in [2.45, 2.75) is 13.2 Å². The normalized spacial score (nSPS) is 10.1. The molecule has 0 saturated heterocycles. The molecule has 0 aliphatic carbocycles. The lowest BCUT2D eigenvalue weighted by Gasteiger charge is -2.02. The fraction of sp³-hybridized carbons (Fsp3) is 0.333. The Kier molecular flexibility index (Phi) is 3.55. The Bertz CT molecular complexity index is 338. The Labute approximate surface area is 81.1 Å². The van der Waals surface area contributed by atoms with Crippen LogP contribution in [0.2, 0.25) is 0 Å². The monoisotopic (exact) mass is 197 g/mol. The average molecular weight is 197 g/mol. The van der Waals surface area contributed by atoms with Gasteiger partial charge in [0.15, 0.2) is 0 Å². The van der Waals surface area contributed by atoms with E-state index in [0.717, 1.165) is 5.56 Å². The van der Waals surface area contributed by atoms with Crippen molar-refractivity contribution in [3.05, 3.63) is 39.4 Å². The van der Waals surface area contributed by atoms with Gasteiger partial charge in [-0.1, -0.05) is 6.07 Å². The predicted octanol–water partition coefficient (Wildman–Crippen LogP) is 1.23. The molecule has 0 heterocycles. The van der Waals surface area contributed by atoms with Gasteiger partial charge in [-0.25, -0.2) is 0 Å². The average Bonchev–Trinajstić information content (AvgIpc) is 2.18. The summed E-state index contributed by atoms with van der Waals surface area (Å²) in [5.74, 6) is 0. The minimum Gasteiger partial charge on any atom is -0.391 e. The number of rotatable bonds is 4. The summed E-state index contributed by atoms with van der Waals surface area (Å²) in [5, 5.41) is 19.4. The maximum atomic E-state index is 10.6. The molecular weight excluding hydrogens is 186 g/mol. The highest BCUT2D eigenvalue weighted by molar-refractivity contribution is 5.42. The lowest BCUT2D eigenvalue weighted by molar-refractivity contribution is -0.385. The summed E-state index contributed by atoms with van der Waals surface area (Å²) in [4.78, 5) is 10.1. The fourth-order valence-electron chi connectivity index (χ4n) is 1.17. The smallest absolute Gasteiger partial charge is 0.275 e. The van der Waals surface area contributed by atoms with Crippen molar-refractivity contribution >= 4 is 5.69 Å². The Morgan fingerprint density at radius 3 is 2.79 bits per heavy atom. The number of hydrogen-bond donors (Lipinski definition) is 1. The molecule has 0 spiro atoms. The van der Waals surface area contributed by atoms with Crippen molar-refractivity contribution in [3.8, 4) is 0 Å². The second kappa shape index (κ2) is 4.69. The van der Waals surface area contributed by atoms with Crippen LogP contribution in [0.1, 0.15) is 11.1 Å². The van der Waals surface area contributed by atoms with E-state index in [-0.39, 0.29) is 12.3 Å². The maximum Gasteiger partial charge on any atom is 0.275 e. The van der Waals surface area contributed by atoms with Crippen molar-refractivity contribution in [2.24, 2.45) is 0 Å². The minimum atomic E-state index is -0.509. The van der Waals surface area contributed by atoms with E-state index in [4.69, 9.17) is 9.84 Å². The Balaban J connectivity index is 3.07. The highest BCUT2D eigenvalue weighted by atomic mass is 16.6. The molecule has 5 nitrogen and oxygen atoms in total. The van der Waals surface area contributed by atoms with Crippen LogP contribution in [0.3, 0.4) is 0 Å². The summed E-state index contributed by atoms with van der Waals surface area (Å²) < 4.78 is 4.85. The van der Waals surface area contributed by atoms with Crippen LogP contribution in [0.25, 0.3) is 0 Å². The van der Waals surface area contributed by atoms with Gasteiger partial charge in [-0.3, -0.25) is 10.1 Å². The van der Waals surface area contributed by atoms with Crippen LogP contribution in [0.5, 0.6) is 0 Å². The molecule has 14 heavy (non-hydrogen) atoms. The molecule has 0 aliphatic heterocycles. The number of aliphatic hydroxyl groups excluding tert-OH is 1. The molecule has 1 aromatic rings. The fourth-order valence-corrected chi connectivity index (χ4v) is 1.17. The van der Waals surface area contributed by atoms with Crippen LogP contribution < -0.4 is 0 Å². The van der Waals surface area contributed by atoms with E-state index in [1.165, 1.54) is 19.2 Å². The van der Waals surface area contributed by atoms with Crippen molar-refractivity contribution in [1.29, 1.82) is 0 Å². The molecule has 0 atom stereocenters.